The van der Waals surface area contributed by atoms with E-state index < -0.39 is 0 Å². The topological polar surface area (TPSA) is 12.0 Å². The van der Waals surface area contributed by atoms with E-state index in [1.807, 2.05) is 12.2 Å². The summed E-state index contributed by atoms with van der Waals surface area (Å²) in [5, 5.41) is 3.34. The molecule has 0 spiro atoms. The predicted molar refractivity (Wildman–Crippen MR) is 63.2 cm³/mol. The molecule has 1 aromatic carbocycles. The molecule has 0 amide bonds. The molecule has 1 rings (SSSR count). The standard InChI is InChI=1S/C13H18FN/c1-13(2,3)15-10-4-5-11-6-8-12(14)9-7-11/h4-9,15H,10H2,1-3H3. The van der Waals surface area contributed by atoms with Crippen molar-refractivity contribution in [1.29, 1.82) is 0 Å². The lowest BCUT2D eigenvalue weighted by atomic mass is 10.1. The first-order valence-corrected chi connectivity index (χ1v) is 5.14. The van der Waals surface area contributed by atoms with Crippen molar-refractivity contribution in [2.24, 2.45) is 0 Å². The average Bonchev–Trinajstić information content (AvgIpc) is 2.14. The SMILES string of the molecule is CC(C)(C)NCC=Cc1ccc(F)cc1. The number of benzene rings is 1. The molecule has 0 aliphatic rings. The average molecular weight is 207 g/mol. The summed E-state index contributed by atoms with van der Waals surface area (Å²) in [7, 11) is 0. The summed E-state index contributed by atoms with van der Waals surface area (Å²) in [6.07, 6.45) is 4.02. The van der Waals surface area contributed by atoms with Crippen molar-refractivity contribution in [2.75, 3.05) is 6.54 Å². The van der Waals surface area contributed by atoms with E-state index in [9.17, 15) is 4.39 Å². The third-order valence-corrected chi connectivity index (χ3v) is 1.93. The molecule has 0 aliphatic heterocycles. The first-order valence-electron chi connectivity index (χ1n) is 5.14. The first kappa shape index (κ1) is 11.9. The number of halogens is 1. The van der Waals surface area contributed by atoms with Crippen molar-refractivity contribution < 1.29 is 4.39 Å². The normalized spacial score (nSPS) is 12.3. The van der Waals surface area contributed by atoms with Crippen LogP contribution in [0.1, 0.15) is 26.3 Å². The van der Waals surface area contributed by atoms with Crippen molar-refractivity contribution in [3.05, 3.63) is 41.7 Å². The molecule has 0 aromatic heterocycles. The van der Waals surface area contributed by atoms with Crippen LogP contribution in [-0.4, -0.2) is 12.1 Å². The Hall–Kier alpha value is -1.15. The van der Waals surface area contributed by atoms with Gasteiger partial charge in [0.1, 0.15) is 5.82 Å². The smallest absolute Gasteiger partial charge is 0.123 e. The summed E-state index contributed by atoms with van der Waals surface area (Å²) in [4.78, 5) is 0. The van der Waals surface area contributed by atoms with E-state index in [1.54, 1.807) is 12.1 Å². The van der Waals surface area contributed by atoms with Gasteiger partial charge in [0.05, 0.1) is 0 Å². The van der Waals surface area contributed by atoms with Gasteiger partial charge in [-0.3, -0.25) is 0 Å². The maximum Gasteiger partial charge on any atom is 0.123 e. The third-order valence-electron chi connectivity index (χ3n) is 1.93. The summed E-state index contributed by atoms with van der Waals surface area (Å²) >= 11 is 0. The second-order valence-corrected chi connectivity index (χ2v) is 4.58. The van der Waals surface area contributed by atoms with Gasteiger partial charge in [0.2, 0.25) is 0 Å². The molecule has 0 unspecified atom stereocenters. The second-order valence-electron chi connectivity index (χ2n) is 4.58. The van der Waals surface area contributed by atoms with Gasteiger partial charge in [0, 0.05) is 12.1 Å². The Morgan fingerprint density at radius 3 is 2.33 bits per heavy atom. The summed E-state index contributed by atoms with van der Waals surface area (Å²) in [5.74, 6) is -0.194. The van der Waals surface area contributed by atoms with Crippen molar-refractivity contribution >= 4 is 6.08 Å². The fourth-order valence-electron chi connectivity index (χ4n) is 1.13. The van der Waals surface area contributed by atoms with E-state index >= 15 is 0 Å². The van der Waals surface area contributed by atoms with Crippen molar-refractivity contribution in [3.8, 4) is 0 Å². The number of hydrogen-bond donors (Lipinski definition) is 1. The zero-order valence-electron chi connectivity index (χ0n) is 9.55. The minimum absolute atomic E-state index is 0.132. The minimum atomic E-state index is -0.194. The van der Waals surface area contributed by atoms with Crippen LogP contribution in [0.3, 0.4) is 0 Å². The molecule has 0 bridgehead atoms. The minimum Gasteiger partial charge on any atom is -0.309 e. The molecule has 2 heteroatoms. The summed E-state index contributed by atoms with van der Waals surface area (Å²) in [5.41, 5.74) is 1.15. The van der Waals surface area contributed by atoms with Crippen LogP contribution in [0.2, 0.25) is 0 Å². The highest BCUT2D eigenvalue weighted by molar-refractivity contribution is 5.48. The number of nitrogens with one attached hydrogen (secondary N) is 1. The zero-order chi connectivity index (χ0) is 11.3. The van der Waals surface area contributed by atoms with Gasteiger partial charge >= 0.3 is 0 Å². The first-order chi connectivity index (χ1) is 6.97. The molecule has 15 heavy (non-hydrogen) atoms. The highest BCUT2D eigenvalue weighted by Crippen LogP contribution is 2.04. The lowest BCUT2D eigenvalue weighted by molar-refractivity contribution is 0.450. The Kier molecular flexibility index (Phi) is 4.04. The van der Waals surface area contributed by atoms with Crippen molar-refractivity contribution in [2.45, 2.75) is 26.3 Å². The van der Waals surface area contributed by atoms with Gasteiger partial charge in [-0.05, 0) is 38.5 Å². The molecule has 1 N–H and O–H groups in total. The van der Waals surface area contributed by atoms with E-state index in [-0.39, 0.29) is 11.4 Å². The van der Waals surface area contributed by atoms with Gasteiger partial charge in [0.15, 0.2) is 0 Å². The fourth-order valence-corrected chi connectivity index (χ4v) is 1.13. The maximum absolute atomic E-state index is 12.6. The molecule has 0 saturated heterocycles. The Morgan fingerprint density at radius 2 is 1.80 bits per heavy atom. The quantitative estimate of drug-likeness (QED) is 0.802. The van der Waals surface area contributed by atoms with Crippen LogP contribution in [-0.2, 0) is 0 Å². The molecule has 1 nitrogen and oxygen atoms in total. The Bertz CT molecular complexity index is 319. The van der Waals surface area contributed by atoms with Crippen LogP contribution in [0.15, 0.2) is 30.3 Å². The molecule has 82 valence electrons. The van der Waals surface area contributed by atoms with E-state index in [2.05, 4.69) is 26.1 Å². The second kappa shape index (κ2) is 5.08. The van der Waals surface area contributed by atoms with E-state index in [0.29, 0.717) is 0 Å². The lowest BCUT2D eigenvalue weighted by Gasteiger charge is -2.18. The van der Waals surface area contributed by atoms with Gasteiger partial charge in [-0.2, -0.15) is 0 Å². The van der Waals surface area contributed by atoms with Crippen molar-refractivity contribution in [1.82, 2.24) is 5.32 Å². The Labute approximate surface area is 91.0 Å². The third kappa shape index (κ3) is 5.33. The predicted octanol–water partition coefficient (Wildman–Crippen LogP) is 3.23. The Morgan fingerprint density at radius 1 is 1.20 bits per heavy atom. The Balaban J connectivity index is 2.42. The molecule has 0 fully saturated rings. The van der Waals surface area contributed by atoms with Crippen LogP contribution in [0.4, 0.5) is 4.39 Å². The highest BCUT2D eigenvalue weighted by atomic mass is 19.1. The van der Waals surface area contributed by atoms with Gasteiger partial charge in [-0.25, -0.2) is 4.39 Å². The maximum atomic E-state index is 12.6. The molecule has 0 atom stereocenters. The van der Waals surface area contributed by atoms with Crippen LogP contribution < -0.4 is 5.32 Å². The van der Waals surface area contributed by atoms with Crippen LogP contribution in [0.25, 0.3) is 6.08 Å². The number of hydrogen-bond acceptors (Lipinski definition) is 1. The lowest BCUT2D eigenvalue weighted by Crippen LogP contribution is -2.35. The van der Waals surface area contributed by atoms with Gasteiger partial charge in [0.25, 0.3) is 0 Å². The molecule has 0 saturated carbocycles. The summed E-state index contributed by atoms with van der Waals surface area (Å²) < 4.78 is 12.6. The van der Waals surface area contributed by atoms with Crippen molar-refractivity contribution in [3.63, 3.8) is 0 Å². The van der Waals surface area contributed by atoms with Gasteiger partial charge in [-0.1, -0.05) is 24.3 Å². The van der Waals surface area contributed by atoms with E-state index in [1.165, 1.54) is 12.1 Å². The van der Waals surface area contributed by atoms with Crippen LogP contribution in [0.5, 0.6) is 0 Å². The molecule has 0 aliphatic carbocycles. The van der Waals surface area contributed by atoms with Crippen LogP contribution in [0, 0.1) is 5.82 Å². The molecular formula is C13H18FN. The molecule has 0 radical (unpaired) electrons. The largest absolute Gasteiger partial charge is 0.309 e. The molecule has 0 heterocycles. The molecule has 1 aromatic rings. The van der Waals surface area contributed by atoms with Crippen LogP contribution >= 0.6 is 0 Å². The highest BCUT2D eigenvalue weighted by Gasteiger charge is 2.05. The number of rotatable bonds is 3. The molecular weight excluding hydrogens is 189 g/mol. The summed E-state index contributed by atoms with van der Waals surface area (Å²) in [6.45, 7) is 7.19. The monoisotopic (exact) mass is 207 g/mol. The fraction of sp³-hybridized carbons (Fsp3) is 0.385. The summed E-state index contributed by atoms with van der Waals surface area (Å²) in [6, 6.07) is 6.47. The van der Waals surface area contributed by atoms with E-state index in [0.717, 1.165) is 12.1 Å². The van der Waals surface area contributed by atoms with Gasteiger partial charge < -0.3 is 5.32 Å². The van der Waals surface area contributed by atoms with Gasteiger partial charge in [-0.15, -0.1) is 0 Å². The zero-order valence-corrected chi connectivity index (χ0v) is 9.55. The van der Waals surface area contributed by atoms with E-state index in [4.69, 9.17) is 0 Å².